The highest BCUT2D eigenvalue weighted by Gasteiger charge is 2.12. The predicted octanol–water partition coefficient (Wildman–Crippen LogP) is 4.76. The van der Waals surface area contributed by atoms with Gasteiger partial charge in [-0.05, 0) is 35.4 Å². The average Bonchev–Trinajstić information content (AvgIpc) is 3.37. The van der Waals surface area contributed by atoms with E-state index in [0.29, 0.717) is 17.9 Å². The fourth-order valence-corrected chi connectivity index (χ4v) is 3.53. The van der Waals surface area contributed by atoms with Gasteiger partial charge in [-0.2, -0.15) is 0 Å². The molecule has 0 unspecified atom stereocenters. The van der Waals surface area contributed by atoms with Crippen molar-refractivity contribution in [3.63, 3.8) is 0 Å². The molecule has 3 aromatic carbocycles. The Kier molecular flexibility index (Phi) is 4.33. The average molecular weight is 381 g/mol. The van der Waals surface area contributed by atoms with E-state index in [-0.39, 0.29) is 5.91 Å². The van der Waals surface area contributed by atoms with E-state index in [1.165, 1.54) is 0 Å². The second kappa shape index (κ2) is 7.28. The van der Waals surface area contributed by atoms with Crippen molar-refractivity contribution in [2.45, 2.75) is 13.1 Å². The third-order valence-electron chi connectivity index (χ3n) is 4.97. The molecule has 0 radical (unpaired) electrons. The summed E-state index contributed by atoms with van der Waals surface area (Å²) in [5.74, 6) is 0.111. The van der Waals surface area contributed by atoms with Crippen molar-refractivity contribution in [2.24, 2.45) is 0 Å². The van der Waals surface area contributed by atoms with Crippen LogP contribution in [0.3, 0.4) is 0 Å². The van der Waals surface area contributed by atoms with Gasteiger partial charge >= 0.3 is 0 Å². The Bertz CT molecular complexity index is 1280. The molecule has 0 saturated heterocycles. The minimum atomic E-state index is -0.216. The highest BCUT2D eigenvalue weighted by molar-refractivity contribution is 5.96. The molecular formula is C24H19N3O2. The van der Waals surface area contributed by atoms with E-state index in [2.05, 4.69) is 33.1 Å². The maximum Gasteiger partial charge on any atom is 0.287 e. The number of fused-ring (bicyclic) bond motifs is 2. The lowest BCUT2D eigenvalue weighted by atomic mass is 10.1. The zero-order chi connectivity index (χ0) is 19.6. The second-order valence-corrected chi connectivity index (χ2v) is 7.01. The Hall–Kier alpha value is -3.86. The van der Waals surface area contributed by atoms with E-state index < -0.39 is 0 Å². The van der Waals surface area contributed by atoms with E-state index in [0.717, 1.165) is 34.1 Å². The molecule has 0 aliphatic heterocycles. The Balaban J connectivity index is 1.29. The van der Waals surface area contributed by atoms with Crippen molar-refractivity contribution >= 4 is 27.9 Å². The molecule has 0 spiro atoms. The summed E-state index contributed by atoms with van der Waals surface area (Å²) in [6.45, 7) is 1.17. The van der Waals surface area contributed by atoms with E-state index in [1.54, 1.807) is 6.07 Å². The van der Waals surface area contributed by atoms with Crippen molar-refractivity contribution in [2.75, 3.05) is 0 Å². The van der Waals surface area contributed by atoms with Gasteiger partial charge in [-0.15, -0.1) is 0 Å². The lowest BCUT2D eigenvalue weighted by Crippen LogP contribution is -2.22. The van der Waals surface area contributed by atoms with Crippen molar-refractivity contribution in [1.29, 1.82) is 0 Å². The molecule has 0 aliphatic rings. The molecule has 0 atom stereocenters. The zero-order valence-corrected chi connectivity index (χ0v) is 15.7. The first-order chi connectivity index (χ1) is 14.3. The van der Waals surface area contributed by atoms with Gasteiger partial charge < -0.3 is 14.3 Å². The minimum absolute atomic E-state index is 0.216. The number of nitrogens with zero attached hydrogens (tertiary/aromatic N) is 2. The van der Waals surface area contributed by atoms with Crippen LogP contribution in [0.2, 0.25) is 0 Å². The molecule has 29 heavy (non-hydrogen) atoms. The summed E-state index contributed by atoms with van der Waals surface area (Å²) >= 11 is 0. The van der Waals surface area contributed by atoms with E-state index >= 15 is 0 Å². The summed E-state index contributed by atoms with van der Waals surface area (Å²) in [5.41, 5.74) is 5.00. The van der Waals surface area contributed by atoms with Gasteiger partial charge in [-0.3, -0.25) is 4.79 Å². The molecule has 0 saturated carbocycles. The van der Waals surface area contributed by atoms with Crippen LogP contribution in [0.4, 0.5) is 0 Å². The van der Waals surface area contributed by atoms with Crippen LogP contribution in [-0.4, -0.2) is 15.5 Å². The number of para-hydroxylation sites is 3. The number of amides is 1. The SMILES string of the molecule is O=C(NCc1cccc(Cn2cnc3ccccc32)c1)c1cc2ccccc2o1. The third kappa shape index (κ3) is 3.50. The van der Waals surface area contributed by atoms with Gasteiger partial charge in [0.05, 0.1) is 17.4 Å². The van der Waals surface area contributed by atoms with Gasteiger partial charge in [0.1, 0.15) is 5.58 Å². The van der Waals surface area contributed by atoms with Gasteiger partial charge in [-0.25, -0.2) is 4.98 Å². The number of carbonyl (C=O) groups excluding carboxylic acids is 1. The monoisotopic (exact) mass is 381 g/mol. The van der Waals surface area contributed by atoms with Crippen LogP contribution >= 0.6 is 0 Å². The summed E-state index contributed by atoms with van der Waals surface area (Å²) in [6, 6.07) is 25.7. The van der Waals surface area contributed by atoms with Gasteiger partial charge in [-0.1, -0.05) is 54.6 Å². The zero-order valence-electron chi connectivity index (χ0n) is 15.7. The number of imidazole rings is 1. The second-order valence-electron chi connectivity index (χ2n) is 7.01. The van der Waals surface area contributed by atoms with Crippen LogP contribution in [0.15, 0.2) is 89.6 Å². The smallest absolute Gasteiger partial charge is 0.287 e. The van der Waals surface area contributed by atoms with Crippen molar-refractivity contribution in [3.05, 3.63) is 102 Å². The van der Waals surface area contributed by atoms with Crippen LogP contribution in [-0.2, 0) is 13.1 Å². The molecule has 0 bridgehead atoms. The third-order valence-corrected chi connectivity index (χ3v) is 4.97. The molecule has 1 amide bonds. The highest BCUT2D eigenvalue weighted by Crippen LogP contribution is 2.19. The number of hydrogen-bond acceptors (Lipinski definition) is 3. The Morgan fingerprint density at radius 3 is 2.69 bits per heavy atom. The number of carbonyl (C=O) groups is 1. The topological polar surface area (TPSA) is 60.1 Å². The number of rotatable bonds is 5. The van der Waals surface area contributed by atoms with Crippen LogP contribution < -0.4 is 5.32 Å². The molecule has 2 aromatic heterocycles. The van der Waals surface area contributed by atoms with E-state index in [4.69, 9.17) is 4.42 Å². The van der Waals surface area contributed by atoms with Gasteiger partial charge in [0.25, 0.3) is 5.91 Å². The minimum Gasteiger partial charge on any atom is -0.451 e. The maximum absolute atomic E-state index is 12.5. The van der Waals surface area contributed by atoms with Gasteiger partial charge in [0.15, 0.2) is 5.76 Å². The summed E-state index contributed by atoms with van der Waals surface area (Å²) in [6.07, 6.45) is 1.86. The Labute approximate surface area is 167 Å². The molecular weight excluding hydrogens is 362 g/mol. The van der Waals surface area contributed by atoms with Crippen LogP contribution in [0.5, 0.6) is 0 Å². The Morgan fingerprint density at radius 1 is 0.931 bits per heavy atom. The van der Waals surface area contributed by atoms with Crippen molar-refractivity contribution in [3.8, 4) is 0 Å². The largest absolute Gasteiger partial charge is 0.451 e. The lowest BCUT2D eigenvalue weighted by molar-refractivity contribution is 0.0925. The van der Waals surface area contributed by atoms with Crippen LogP contribution in [0.25, 0.3) is 22.0 Å². The Morgan fingerprint density at radius 2 is 1.76 bits per heavy atom. The van der Waals surface area contributed by atoms with E-state index in [9.17, 15) is 4.79 Å². The summed E-state index contributed by atoms with van der Waals surface area (Å²) in [5, 5.41) is 3.86. The lowest BCUT2D eigenvalue weighted by Gasteiger charge is -2.08. The molecule has 0 fully saturated rings. The molecule has 2 heterocycles. The number of aromatic nitrogens is 2. The normalized spacial score (nSPS) is 11.2. The molecule has 142 valence electrons. The first-order valence-electron chi connectivity index (χ1n) is 9.51. The predicted molar refractivity (Wildman–Crippen MR) is 113 cm³/mol. The molecule has 5 heteroatoms. The number of benzene rings is 3. The first-order valence-corrected chi connectivity index (χ1v) is 9.51. The fourth-order valence-electron chi connectivity index (χ4n) is 3.53. The number of furan rings is 1. The van der Waals surface area contributed by atoms with Gasteiger partial charge in [0.2, 0.25) is 0 Å². The quantitative estimate of drug-likeness (QED) is 0.477. The fraction of sp³-hybridized carbons (Fsp3) is 0.0833. The van der Waals surface area contributed by atoms with Gasteiger partial charge in [0, 0.05) is 18.5 Å². The molecule has 5 aromatic rings. The summed E-state index contributed by atoms with van der Waals surface area (Å²) in [4.78, 5) is 16.9. The van der Waals surface area contributed by atoms with E-state index in [1.807, 2.05) is 60.9 Å². The summed E-state index contributed by atoms with van der Waals surface area (Å²) < 4.78 is 7.76. The first kappa shape index (κ1) is 17.3. The van der Waals surface area contributed by atoms with Crippen molar-refractivity contribution in [1.82, 2.24) is 14.9 Å². The summed E-state index contributed by atoms with van der Waals surface area (Å²) in [7, 11) is 0. The molecule has 5 nitrogen and oxygen atoms in total. The number of nitrogens with one attached hydrogen (secondary N) is 1. The standard InChI is InChI=1S/C24H19N3O2/c28-24(23-13-19-8-1-4-11-22(19)29-23)25-14-17-6-5-7-18(12-17)15-27-16-26-20-9-2-3-10-21(20)27/h1-13,16H,14-15H2,(H,25,28). The molecule has 0 aliphatic carbocycles. The number of hydrogen-bond donors (Lipinski definition) is 1. The van der Waals surface area contributed by atoms with Crippen LogP contribution in [0.1, 0.15) is 21.7 Å². The highest BCUT2D eigenvalue weighted by atomic mass is 16.3. The maximum atomic E-state index is 12.5. The van der Waals surface area contributed by atoms with Crippen LogP contribution in [0, 0.1) is 0 Å². The molecule has 1 N–H and O–H groups in total. The van der Waals surface area contributed by atoms with Crippen molar-refractivity contribution < 1.29 is 9.21 Å². The molecule has 5 rings (SSSR count).